The lowest BCUT2D eigenvalue weighted by molar-refractivity contribution is 0.115. The highest BCUT2D eigenvalue weighted by Crippen LogP contribution is 2.34. The maximum Gasteiger partial charge on any atom is 0.0540 e. The number of aliphatic hydroxyl groups excluding tert-OH is 1. The van der Waals surface area contributed by atoms with Crippen molar-refractivity contribution in [2.24, 2.45) is 5.92 Å². The van der Waals surface area contributed by atoms with Crippen LogP contribution in [0.2, 0.25) is 0 Å². The van der Waals surface area contributed by atoms with E-state index in [2.05, 4.69) is 6.08 Å². The maximum absolute atomic E-state index is 9.41. The molecule has 2 rings (SSSR count). The standard InChI is InChI=1S/C12H20O/c13-12-8-6-11(7-9-12)10-4-2-1-3-5-10/h4,11-13H,1-3,5-9H2. The van der Waals surface area contributed by atoms with E-state index in [1.54, 1.807) is 5.57 Å². The monoisotopic (exact) mass is 180 g/mol. The van der Waals surface area contributed by atoms with Crippen molar-refractivity contribution in [2.45, 2.75) is 57.5 Å². The van der Waals surface area contributed by atoms with Crippen molar-refractivity contribution in [3.8, 4) is 0 Å². The molecular formula is C12H20O. The average molecular weight is 180 g/mol. The molecular weight excluding hydrogens is 160 g/mol. The Kier molecular flexibility index (Phi) is 3.05. The van der Waals surface area contributed by atoms with Crippen LogP contribution in [0.25, 0.3) is 0 Å². The van der Waals surface area contributed by atoms with Gasteiger partial charge in [-0.15, -0.1) is 0 Å². The summed E-state index contributed by atoms with van der Waals surface area (Å²) in [4.78, 5) is 0. The Bertz CT molecular complexity index is 187. The molecule has 1 fully saturated rings. The Balaban J connectivity index is 1.89. The van der Waals surface area contributed by atoms with Gasteiger partial charge in [-0.25, -0.2) is 0 Å². The van der Waals surface area contributed by atoms with E-state index in [0.717, 1.165) is 18.8 Å². The predicted octanol–water partition coefficient (Wildman–Crippen LogP) is 3.04. The van der Waals surface area contributed by atoms with Crippen LogP contribution in [0.1, 0.15) is 51.4 Å². The Morgan fingerprint density at radius 1 is 1.08 bits per heavy atom. The quantitative estimate of drug-likeness (QED) is 0.615. The molecule has 13 heavy (non-hydrogen) atoms. The fourth-order valence-electron chi connectivity index (χ4n) is 2.68. The largest absolute Gasteiger partial charge is 0.393 e. The van der Waals surface area contributed by atoms with Crippen LogP contribution in [0.3, 0.4) is 0 Å². The van der Waals surface area contributed by atoms with E-state index in [1.165, 1.54) is 38.5 Å². The summed E-state index contributed by atoms with van der Waals surface area (Å²) in [6.07, 6.45) is 12.4. The molecule has 0 aliphatic heterocycles. The van der Waals surface area contributed by atoms with Gasteiger partial charge in [-0.3, -0.25) is 0 Å². The van der Waals surface area contributed by atoms with Gasteiger partial charge in [-0.2, -0.15) is 0 Å². The van der Waals surface area contributed by atoms with Gasteiger partial charge in [0.05, 0.1) is 6.10 Å². The van der Waals surface area contributed by atoms with Crippen LogP contribution >= 0.6 is 0 Å². The van der Waals surface area contributed by atoms with Crippen molar-refractivity contribution in [2.75, 3.05) is 0 Å². The van der Waals surface area contributed by atoms with E-state index in [4.69, 9.17) is 0 Å². The van der Waals surface area contributed by atoms with Crippen LogP contribution in [0.5, 0.6) is 0 Å². The Morgan fingerprint density at radius 3 is 2.46 bits per heavy atom. The van der Waals surface area contributed by atoms with Gasteiger partial charge in [0.1, 0.15) is 0 Å². The van der Waals surface area contributed by atoms with Crippen LogP contribution in [0, 0.1) is 5.92 Å². The van der Waals surface area contributed by atoms with Gasteiger partial charge in [-0.1, -0.05) is 11.6 Å². The molecule has 0 aromatic carbocycles. The van der Waals surface area contributed by atoms with E-state index in [0.29, 0.717) is 0 Å². The minimum Gasteiger partial charge on any atom is -0.393 e. The Hall–Kier alpha value is -0.300. The van der Waals surface area contributed by atoms with Crippen LogP contribution in [0.15, 0.2) is 11.6 Å². The smallest absolute Gasteiger partial charge is 0.0540 e. The Morgan fingerprint density at radius 2 is 1.85 bits per heavy atom. The van der Waals surface area contributed by atoms with E-state index in [-0.39, 0.29) is 6.10 Å². The highest BCUT2D eigenvalue weighted by atomic mass is 16.3. The van der Waals surface area contributed by atoms with Gasteiger partial charge >= 0.3 is 0 Å². The minimum absolute atomic E-state index is 0.000408. The van der Waals surface area contributed by atoms with Crippen molar-refractivity contribution in [3.63, 3.8) is 0 Å². The number of allylic oxidation sites excluding steroid dienone is 2. The lowest BCUT2D eigenvalue weighted by Gasteiger charge is -2.29. The second kappa shape index (κ2) is 4.28. The summed E-state index contributed by atoms with van der Waals surface area (Å²) in [6.45, 7) is 0. The number of hydrogen-bond acceptors (Lipinski definition) is 1. The number of hydrogen-bond donors (Lipinski definition) is 1. The first-order valence-corrected chi connectivity index (χ1v) is 5.73. The highest BCUT2D eigenvalue weighted by molar-refractivity contribution is 5.10. The second-order valence-corrected chi connectivity index (χ2v) is 4.53. The van der Waals surface area contributed by atoms with Gasteiger partial charge in [0.25, 0.3) is 0 Å². The molecule has 0 spiro atoms. The molecule has 1 N–H and O–H groups in total. The van der Waals surface area contributed by atoms with Crippen LogP contribution in [-0.2, 0) is 0 Å². The summed E-state index contributed by atoms with van der Waals surface area (Å²) < 4.78 is 0. The Labute approximate surface area is 80.8 Å². The molecule has 2 aliphatic carbocycles. The molecule has 2 aliphatic rings. The van der Waals surface area contributed by atoms with Gasteiger partial charge in [0.15, 0.2) is 0 Å². The van der Waals surface area contributed by atoms with Crippen molar-refractivity contribution in [3.05, 3.63) is 11.6 Å². The summed E-state index contributed by atoms with van der Waals surface area (Å²) in [5.74, 6) is 0.823. The fraction of sp³-hybridized carbons (Fsp3) is 0.833. The van der Waals surface area contributed by atoms with Gasteiger partial charge in [0.2, 0.25) is 0 Å². The third kappa shape index (κ3) is 2.34. The van der Waals surface area contributed by atoms with E-state index >= 15 is 0 Å². The van der Waals surface area contributed by atoms with Crippen molar-refractivity contribution in [1.82, 2.24) is 0 Å². The summed E-state index contributed by atoms with van der Waals surface area (Å²) >= 11 is 0. The lowest BCUT2D eigenvalue weighted by Crippen LogP contribution is -2.20. The second-order valence-electron chi connectivity index (χ2n) is 4.53. The summed E-state index contributed by atoms with van der Waals surface area (Å²) in [6, 6.07) is 0. The normalized spacial score (nSPS) is 35.6. The highest BCUT2D eigenvalue weighted by Gasteiger charge is 2.22. The first-order chi connectivity index (χ1) is 6.36. The maximum atomic E-state index is 9.41. The van der Waals surface area contributed by atoms with Crippen molar-refractivity contribution < 1.29 is 5.11 Å². The van der Waals surface area contributed by atoms with Gasteiger partial charge in [0, 0.05) is 0 Å². The molecule has 0 bridgehead atoms. The molecule has 0 aromatic heterocycles. The van der Waals surface area contributed by atoms with E-state index in [1.807, 2.05) is 0 Å². The average Bonchev–Trinajstić information content (AvgIpc) is 2.20. The van der Waals surface area contributed by atoms with E-state index in [9.17, 15) is 5.11 Å². The first-order valence-electron chi connectivity index (χ1n) is 5.73. The molecule has 0 saturated heterocycles. The molecule has 0 aromatic rings. The predicted molar refractivity (Wildman–Crippen MR) is 54.5 cm³/mol. The fourth-order valence-corrected chi connectivity index (χ4v) is 2.68. The SMILES string of the molecule is OC1CCC(C2=CCCCC2)CC1. The summed E-state index contributed by atoms with van der Waals surface area (Å²) in [5, 5.41) is 9.41. The summed E-state index contributed by atoms with van der Waals surface area (Å²) in [7, 11) is 0. The first kappa shape index (κ1) is 9.26. The van der Waals surface area contributed by atoms with Crippen LogP contribution < -0.4 is 0 Å². The molecule has 1 saturated carbocycles. The zero-order valence-corrected chi connectivity index (χ0v) is 8.34. The molecule has 0 radical (unpaired) electrons. The van der Waals surface area contributed by atoms with Crippen LogP contribution in [0.4, 0.5) is 0 Å². The van der Waals surface area contributed by atoms with Crippen LogP contribution in [-0.4, -0.2) is 11.2 Å². The zero-order valence-electron chi connectivity index (χ0n) is 8.34. The lowest BCUT2D eigenvalue weighted by atomic mass is 9.79. The molecule has 1 heteroatoms. The topological polar surface area (TPSA) is 20.2 Å². The minimum atomic E-state index is 0.000408. The van der Waals surface area contributed by atoms with Gasteiger partial charge in [-0.05, 0) is 57.3 Å². The summed E-state index contributed by atoms with van der Waals surface area (Å²) in [5.41, 5.74) is 1.71. The molecule has 0 unspecified atom stereocenters. The molecule has 0 atom stereocenters. The molecule has 1 nitrogen and oxygen atoms in total. The van der Waals surface area contributed by atoms with E-state index < -0.39 is 0 Å². The van der Waals surface area contributed by atoms with Crippen molar-refractivity contribution >= 4 is 0 Å². The molecule has 74 valence electrons. The third-order valence-corrected chi connectivity index (χ3v) is 3.55. The molecule has 0 amide bonds. The van der Waals surface area contributed by atoms with Gasteiger partial charge < -0.3 is 5.11 Å². The number of aliphatic hydroxyl groups is 1. The van der Waals surface area contributed by atoms with Crippen molar-refractivity contribution in [1.29, 1.82) is 0 Å². The zero-order chi connectivity index (χ0) is 9.10. The third-order valence-electron chi connectivity index (χ3n) is 3.55. The number of rotatable bonds is 1. The molecule has 0 heterocycles.